The van der Waals surface area contributed by atoms with Gasteiger partial charge in [0.05, 0.1) is 6.20 Å². The highest BCUT2D eigenvalue weighted by molar-refractivity contribution is 5.82. The summed E-state index contributed by atoms with van der Waals surface area (Å²) in [4.78, 5) is 7.27. The molecule has 0 amide bonds. The number of oxazole rings is 1. The highest BCUT2D eigenvalue weighted by Crippen LogP contribution is 2.25. The maximum atomic E-state index is 5.67. The first-order valence-electron chi connectivity index (χ1n) is 6.35. The monoisotopic (exact) mass is 256 g/mol. The Morgan fingerprint density at radius 2 is 2.21 bits per heavy atom. The van der Waals surface area contributed by atoms with Crippen LogP contribution in [0.2, 0.25) is 0 Å². The first-order valence-corrected chi connectivity index (χ1v) is 6.35. The Morgan fingerprint density at radius 3 is 2.95 bits per heavy atom. The lowest BCUT2D eigenvalue weighted by molar-refractivity contribution is 0.270. The lowest BCUT2D eigenvalue weighted by Gasteiger charge is -2.03. The molecule has 0 radical (unpaired) electrons. The fraction of sp³-hybridized carbons (Fsp3) is 0.267. The van der Waals surface area contributed by atoms with Crippen LogP contribution in [-0.4, -0.2) is 9.97 Å². The molecule has 0 unspecified atom stereocenters. The van der Waals surface area contributed by atoms with Crippen LogP contribution in [0.3, 0.4) is 0 Å². The number of fused-ring (bicyclic) bond motifs is 1. The smallest absolute Gasteiger partial charge is 0.181 e. The summed E-state index contributed by atoms with van der Waals surface area (Å²) in [5.74, 6) is 2.03. The van der Waals surface area contributed by atoms with Crippen molar-refractivity contribution in [3.05, 3.63) is 48.3 Å². The zero-order valence-electron chi connectivity index (χ0n) is 11.0. The standard InChI is InChI=1S/C15H16N2O2/c1-10(2)14-5-11-3-4-12(6-15(11)17-14)18-8-13-7-16-9-19-13/h3-7,9-10,17H,8H2,1-2H3. The van der Waals surface area contributed by atoms with E-state index in [2.05, 4.69) is 35.9 Å². The van der Waals surface area contributed by atoms with E-state index in [9.17, 15) is 0 Å². The molecule has 19 heavy (non-hydrogen) atoms. The summed E-state index contributed by atoms with van der Waals surface area (Å²) in [6.45, 7) is 4.74. The lowest BCUT2D eigenvalue weighted by Crippen LogP contribution is -1.93. The van der Waals surface area contributed by atoms with Crippen molar-refractivity contribution in [3.63, 3.8) is 0 Å². The van der Waals surface area contributed by atoms with Gasteiger partial charge in [-0.3, -0.25) is 0 Å². The molecule has 98 valence electrons. The van der Waals surface area contributed by atoms with E-state index in [1.54, 1.807) is 6.20 Å². The lowest BCUT2D eigenvalue weighted by atomic mass is 10.1. The summed E-state index contributed by atoms with van der Waals surface area (Å²) in [5, 5.41) is 1.20. The molecule has 2 aromatic heterocycles. The van der Waals surface area contributed by atoms with Crippen LogP contribution in [0.4, 0.5) is 0 Å². The molecule has 3 rings (SSSR count). The van der Waals surface area contributed by atoms with Gasteiger partial charge in [0.1, 0.15) is 12.4 Å². The zero-order valence-corrected chi connectivity index (χ0v) is 11.0. The SMILES string of the molecule is CC(C)c1cc2ccc(OCc3cnco3)cc2[nH]1. The number of nitrogens with zero attached hydrogens (tertiary/aromatic N) is 1. The molecule has 0 bridgehead atoms. The van der Waals surface area contributed by atoms with Gasteiger partial charge in [0.15, 0.2) is 12.2 Å². The molecular formula is C15H16N2O2. The Hall–Kier alpha value is -2.23. The van der Waals surface area contributed by atoms with E-state index >= 15 is 0 Å². The van der Waals surface area contributed by atoms with Crippen molar-refractivity contribution in [1.82, 2.24) is 9.97 Å². The van der Waals surface area contributed by atoms with Gasteiger partial charge in [0, 0.05) is 17.3 Å². The van der Waals surface area contributed by atoms with E-state index in [0.29, 0.717) is 12.5 Å². The van der Waals surface area contributed by atoms with Crippen molar-refractivity contribution >= 4 is 10.9 Å². The van der Waals surface area contributed by atoms with Crippen molar-refractivity contribution in [1.29, 1.82) is 0 Å². The third-order valence-electron chi connectivity index (χ3n) is 3.10. The molecule has 1 aromatic carbocycles. The number of H-pyrrole nitrogens is 1. The predicted molar refractivity (Wildman–Crippen MR) is 73.2 cm³/mol. The van der Waals surface area contributed by atoms with Crippen molar-refractivity contribution in [3.8, 4) is 5.75 Å². The molecule has 0 aliphatic carbocycles. The Kier molecular flexibility index (Phi) is 2.99. The van der Waals surface area contributed by atoms with Crippen molar-refractivity contribution in [2.45, 2.75) is 26.4 Å². The second-order valence-electron chi connectivity index (χ2n) is 4.88. The average molecular weight is 256 g/mol. The normalized spacial score (nSPS) is 11.3. The first kappa shape index (κ1) is 11.8. The van der Waals surface area contributed by atoms with Gasteiger partial charge < -0.3 is 14.1 Å². The molecule has 4 heteroatoms. The van der Waals surface area contributed by atoms with Crippen LogP contribution < -0.4 is 4.74 Å². The van der Waals surface area contributed by atoms with Gasteiger partial charge in [-0.05, 0) is 29.5 Å². The van der Waals surface area contributed by atoms with Gasteiger partial charge in [0.25, 0.3) is 0 Å². The number of rotatable bonds is 4. The van der Waals surface area contributed by atoms with Crippen LogP contribution in [0.15, 0.2) is 41.3 Å². The number of hydrogen-bond acceptors (Lipinski definition) is 3. The molecule has 0 spiro atoms. The number of aromatic nitrogens is 2. The van der Waals surface area contributed by atoms with E-state index in [0.717, 1.165) is 17.0 Å². The maximum absolute atomic E-state index is 5.67. The molecule has 4 nitrogen and oxygen atoms in total. The van der Waals surface area contributed by atoms with Crippen LogP contribution in [0.25, 0.3) is 10.9 Å². The molecule has 3 aromatic rings. The number of nitrogens with one attached hydrogen (secondary N) is 1. The summed E-state index contributed by atoms with van der Waals surface area (Å²) in [6.07, 6.45) is 3.06. The highest BCUT2D eigenvalue weighted by Gasteiger charge is 2.06. The highest BCUT2D eigenvalue weighted by atomic mass is 16.5. The van der Waals surface area contributed by atoms with Gasteiger partial charge in [0.2, 0.25) is 0 Å². The molecule has 0 atom stereocenters. The summed E-state index contributed by atoms with van der Waals surface area (Å²) < 4.78 is 10.8. The molecule has 0 fully saturated rings. The summed E-state index contributed by atoms with van der Waals surface area (Å²) >= 11 is 0. The van der Waals surface area contributed by atoms with E-state index in [1.165, 1.54) is 17.5 Å². The second-order valence-corrected chi connectivity index (χ2v) is 4.88. The fourth-order valence-corrected chi connectivity index (χ4v) is 2.00. The van der Waals surface area contributed by atoms with Gasteiger partial charge in [-0.1, -0.05) is 13.8 Å². The Labute approximate surface area is 111 Å². The fourth-order valence-electron chi connectivity index (χ4n) is 2.00. The van der Waals surface area contributed by atoms with Crippen LogP contribution in [0.5, 0.6) is 5.75 Å². The van der Waals surface area contributed by atoms with Crippen LogP contribution in [0.1, 0.15) is 31.2 Å². The molecule has 0 aliphatic heterocycles. The maximum Gasteiger partial charge on any atom is 0.181 e. The molecule has 0 saturated carbocycles. The third kappa shape index (κ3) is 2.47. The van der Waals surface area contributed by atoms with Crippen LogP contribution >= 0.6 is 0 Å². The number of aromatic amines is 1. The topological polar surface area (TPSA) is 51.1 Å². The van der Waals surface area contributed by atoms with E-state index < -0.39 is 0 Å². The number of ether oxygens (including phenoxy) is 1. The Morgan fingerprint density at radius 1 is 1.32 bits per heavy atom. The largest absolute Gasteiger partial charge is 0.486 e. The third-order valence-corrected chi connectivity index (χ3v) is 3.10. The predicted octanol–water partition coefficient (Wildman–Crippen LogP) is 3.86. The zero-order chi connectivity index (χ0) is 13.2. The number of hydrogen-bond donors (Lipinski definition) is 1. The Bertz CT molecular complexity index is 669. The van der Waals surface area contributed by atoms with Crippen molar-refractivity contribution < 1.29 is 9.15 Å². The van der Waals surface area contributed by atoms with Gasteiger partial charge >= 0.3 is 0 Å². The summed E-state index contributed by atoms with van der Waals surface area (Å²) in [6, 6.07) is 8.22. The van der Waals surface area contributed by atoms with E-state index in [-0.39, 0.29) is 0 Å². The summed E-state index contributed by atoms with van der Waals surface area (Å²) in [5.41, 5.74) is 2.33. The number of benzene rings is 1. The second kappa shape index (κ2) is 4.80. The van der Waals surface area contributed by atoms with Crippen molar-refractivity contribution in [2.75, 3.05) is 0 Å². The average Bonchev–Trinajstić information content (AvgIpc) is 3.04. The molecule has 0 aliphatic rings. The van der Waals surface area contributed by atoms with E-state index in [4.69, 9.17) is 9.15 Å². The van der Waals surface area contributed by atoms with Crippen LogP contribution in [-0.2, 0) is 6.61 Å². The molecule has 2 heterocycles. The van der Waals surface area contributed by atoms with Crippen LogP contribution in [0, 0.1) is 0 Å². The quantitative estimate of drug-likeness (QED) is 0.771. The molecule has 0 saturated heterocycles. The van der Waals surface area contributed by atoms with E-state index in [1.807, 2.05) is 12.1 Å². The van der Waals surface area contributed by atoms with Gasteiger partial charge in [-0.15, -0.1) is 0 Å². The minimum Gasteiger partial charge on any atom is -0.486 e. The molecular weight excluding hydrogens is 240 g/mol. The minimum atomic E-state index is 0.392. The van der Waals surface area contributed by atoms with Gasteiger partial charge in [-0.25, -0.2) is 4.98 Å². The van der Waals surface area contributed by atoms with Gasteiger partial charge in [-0.2, -0.15) is 0 Å². The first-order chi connectivity index (χ1) is 9.22. The minimum absolute atomic E-state index is 0.392. The summed E-state index contributed by atoms with van der Waals surface area (Å²) in [7, 11) is 0. The Balaban J connectivity index is 1.80. The van der Waals surface area contributed by atoms with Crippen molar-refractivity contribution in [2.24, 2.45) is 0 Å². The molecule has 1 N–H and O–H groups in total.